The normalized spacial score (nSPS) is 14.1. The number of anilines is 2. The molecule has 1 fully saturated rings. The Morgan fingerprint density at radius 2 is 1.54 bits per heavy atom. The van der Waals surface area contributed by atoms with Gasteiger partial charge in [0.1, 0.15) is 11.5 Å². The highest BCUT2D eigenvalue weighted by Gasteiger charge is 2.19. The van der Waals surface area contributed by atoms with Crippen LogP contribution in [-0.2, 0) is 0 Å². The molecule has 3 rings (SSSR count). The molecule has 0 aromatic heterocycles. The smallest absolute Gasteiger partial charge is 0.173 e. The van der Waals surface area contributed by atoms with Crippen LogP contribution in [0.15, 0.2) is 42.5 Å². The Hall–Kier alpha value is -2.18. The molecular weight excluding hydrogens is 370 g/mol. The van der Waals surface area contributed by atoms with E-state index in [2.05, 4.69) is 27.2 Å². The van der Waals surface area contributed by atoms with Crippen LogP contribution >= 0.6 is 23.8 Å². The summed E-state index contributed by atoms with van der Waals surface area (Å²) in [5, 5.41) is 4.75. The van der Waals surface area contributed by atoms with Crippen molar-refractivity contribution < 1.29 is 9.47 Å². The average molecular weight is 392 g/mol. The van der Waals surface area contributed by atoms with Gasteiger partial charge in [-0.1, -0.05) is 11.6 Å². The summed E-state index contributed by atoms with van der Waals surface area (Å²) >= 11 is 11.6. The maximum Gasteiger partial charge on any atom is 0.173 e. The van der Waals surface area contributed by atoms with Crippen LogP contribution in [0.4, 0.5) is 11.4 Å². The highest BCUT2D eigenvalue weighted by atomic mass is 35.5. The minimum Gasteiger partial charge on any atom is -0.497 e. The number of nitrogens with zero attached hydrogens (tertiary/aromatic N) is 2. The molecule has 0 atom stereocenters. The van der Waals surface area contributed by atoms with Gasteiger partial charge in [-0.05, 0) is 36.5 Å². The molecular formula is C19H22ClN3O2S. The van der Waals surface area contributed by atoms with Gasteiger partial charge in [-0.25, -0.2) is 0 Å². The first-order chi connectivity index (χ1) is 12.6. The van der Waals surface area contributed by atoms with Crippen molar-refractivity contribution in [2.45, 2.75) is 0 Å². The number of hydrogen-bond acceptors (Lipinski definition) is 4. The van der Waals surface area contributed by atoms with Crippen molar-refractivity contribution in [2.24, 2.45) is 0 Å². The van der Waals surface area contributed by atoms with Gasteiger partial charge in [-0.3, -0.25) is 0 Å². The predicted molar refractivity (Wildman–Crippen MR) is 111 cm³/mol. The number of halogens is 1. The lowest BCUT2D eigenvalue weighted by Gasteiger charge is -2.37. The molecule has 0 saturated carbocycles. The van der Waals surface area contributed by atoms with E-state index < -0.39 is 0 Å². The van der Waals surface area contributed by atoms with Crippen LogP contribution in [0.5, 0.6) is 11.5 Å². The van der Waals surface area contributed by atoms with E-state index in [1.54, 1.807) is 14.2 Å². The number of hydrogen-bond donors (Lipinski definition) is 1. The highest BCUT2D eigenvalue weighted by Crippen LogP contribution is 2.26. The molecule has 0 bridgehead atoms. The number of nitrogens with one attached hydrogen (secondary N) is 1. The first kappa shape index (κ1) is 18.6. The van der Waals surface area contributed by atoms with Crippen molar-refractivity contribution in [2.75, 3.05) is 50.6 Å². The van der Waals surface area contributed by atoms with Crippen molar-refractivity contribution in [3.05, 3.63) is 47.5 Å². The fourth-order valence-electron chi connectivity index (χ4n) is 2.90. The van der Waals surface area contributed by atoms with Gasteiger partial charge in [0.25, 0.3) is 0 Å². The number of ether oxygens (including phenoxy) is 2. The van der Waals surface area contributed by atoms with Crippen LogP contribution in [0, 0.1) is 0 Å². The summed E-state index contributed by atoms with van der Waals surface area (Å²) in [7, 11) is 3.26. The maximum absolute atomic E-state index is 5.97. The van der Waals surface area contributed by atoms with Crippen molar-refractivity contribution in [1.82, 2.24) is 4.90 Å². The van der Waals surface area contributed by atoms with Gasteiger partial charge in [0.15, 0.2) is 5.11 Å². The Morgan fingerprint density at radius 1 is 0.962 bits per heavy atom. The third kappa shape index (κ3) is 4.51. The lowest BCUT2D eigenvalue weighted by molar-refractivity contribution is 0.390. The average Bonchev–Trinajstić information content (AvgIpc) is 2.68. The number of methoxy groups -OCH3 is 2. The zero-order valence-electron chi connectivity index (χ0n) is 14.9. The topological polar surface area (TPSA) is 37.0 Å². The predicted octanol–water partition coefficient (Wildman–Crippen LogP) is 3.88. The van der Waals surface area contributed by atoms with Crippen molar-refractivity contribution in [3.63, 3.8) is 0 Å². The van der Waals surface area contributed by atoms with E-state index >= 15 is 0 Å². The Bertz CT molecular complexity index is 740. The van der Waals surface area contributed by atoms with Crippen LogP contribution in [-0.4, -0.2) is 50.4 Å². The lowest BCUT2D eigenvalue weighted by Crippen LogP contribution is -2.50. The summed E-state index contributed by atoms with van der Waals surface area (Å²) in [5.41, 5.74) is 2.04. The minimum absolute atomic E-state index is 0.705. The second-order valence-corrected chi connectivity index (χ2v) is 6.81. The first-order valence-corrected chi connectivity index (χ1v) is 9.17. The molecule has 1 heterocycles. The Labute approximate surface area is 164 Å². The molecule has 0 aliphatic carbocycles. The van der Waals surface area contributed by atoms with E-state index in [1.807, 2.05) is 30.3 Å². The van der Waals surface area contributed by atoms with Crippen LogP contribution in [0.3, 0.4) is 0 Å². The summed E-state index contributed by atoms with van der Waals surface area (Å²) < 4.78 is 10.6. The Kier molecular flexibility index (Phi) is 6.06. The third-order valence-electron chi connectivity index (χ3n) is 4.36. The standard InChI is InChI=1S/C19H22ClN3O2S/c1-24-17-11-15(12-18(13-17)25-2)21-19(26)23-9-7-22(8-10-23)16-5-3-14(20)4-6-16/h3-6,11-13H,7-10H2,1-2H3,(H,21,26). The van der Waals surface area contributed by atoms with E-state index in [-0.39, 0.29) is 0 Å². The number of piperazine rings is 1. The molecule has 0 spiro atoms. The zero-order valence-corrected chi connectivity index (χ0v) is 16.4. The monoisotopic (exact) mass is 391 g/mol. The van der Waals surface area contributed by atoms with Gasteiger partial charge < -0.3 is 24.6 Å². The molecule has 1 saturated heterocycles. The summed E-state index contributed by atoms with van der Waals surface area (Å²) in [6, 6.07) is 13.6. The highest BCUT2D eigenvalue weighted by molar-refractivity contribution is 7.80. The van der Waals surface area contributed by atoms with Gasteiger partial charge in [-0.2, -0.15) is 0 Å². The first-order valence-electron chi connectivity index (χ1n) is 8.38. The number of rotatable bonds is 4. The maximum atomic E-state index is 5.97. The quantitative estimate of drug-likeness (QED) is 0.797. The minimum atomic E-state index is 0.705. The summed E-state index contributed by atoms with van der Waals surface area (Å²) in [4.78, 5) is 4.51. The largest absolute Gasteiger partial charge is 0.497 e. The molecule has 2 aromatic rings. The second-order valence-electron chi connectivity index (χ2n) is 5.98. The number of benzene rings is 2. The summed E-state index contributed by atoms with van der Waals surface area (Å²) in [5.74, 6) is 1.45. The van der Waals surface area contributed by atoms with Crippen LogP contribution < -0.4 is 19.7 Å². The van der Waals surface area contributed by atoms with Gasteiger partial charge in [0, 0.05) is 60.8 Å². The fourth-order valence-corrected chi connectivity index (χ4v) is 3.33. The SMILES string of the molecule is COc1cc(NC(=S)N2CCN(c3ccc(Cl)cc3)CC2)cc(OC)c1. The second kappa shape index (κ2) is 8.47. The number of thiocarbonyl (C=S) groups is 1. The molecule has 5 nitrogen and oxygen atoms in total. The fraction of sp³-hybridized carbons (Fsp3) is 0.316. The zero-order chi connectivity index (χ0) is 18.5. The van der Waals surface area contributed by atoms with E-state index in [9.17, 15) is 0 Å². The molecule has 138 valence electrons. The van der Waals surface area contributed by atoms with E-state index in [0.717, 1.165) is 48.4 Å². The molecule has 7 heteroatoms. The van der Waals surface area contributed by atoms with Crippen molar-refractivity contribution >= 4 is 40.3 Å². The van der Waals surface area contributed by atoms with Crippen molar-refractivity contribution in [1.29, 1.82) is 0 Å². The molecule has 2 aromatic carbocycles. The van der Waals surface area contributed by atoms with Gasteiger partial charge in [0.2, 0.25) is 0 Å². The van der Waals surface area contributed by atoms with Crippen LogP contribution in [0.25, 0.3) is 0 Å². The van der Waals surface area contributed by atoms with Gasteiger partial charge in [-0.15, -0.1) is 0 Å². The summed E-state index contributed by atoms with van der Waals surface area (Å²) in [6.07, 6.45) is 0. The summed E-state index contributed by atoms with van der Waals surface area (Å²) in [6.45, 7) is 3.53. The molecule has 1 aliphatic heterocycles. The van der Waals surface area contributed by atoms with Gasteiger partial charge in [0.05, 0.1) is 14.2 Å². The molecule has 0 unspecified atom stereocenters. The van der Waals surface area contributed by atoms with Gasteiger partial charge >= 0.3 is 0 Å². The van der Waals surface area contributed by atoms with E-state index in [0.29, 0.717) is 5.11 Å². The Balaban J connectivity index is 1.59. The lowest BCUT2D eigenvalue weighted by atomic mass is 10.2. The van der Waals surface area contributed by atoms with E-state index in [1.165, 1.54) is 5.69 Å². The van der Waals surface area contributed by atoms with Crippen LogP contribution in [0.1, 0.15) is 0 Å². The molecule has 1 N–H and O–H groups in total. The molecule has 0 radical (unpaired) electrons. The molecule has 0 amide bonds. The third-order valence-corrected chi connectivity index (χ3v) is 4.97. The Morgan fingerprint density at radius 3 is 2.08 bits per heavy atom. The van der Waals surface area contributed by atoms with E-state index in [4.69, 9.17) is 33.3 Å². The molecule has 1 aliphatic rings. The van der Waals surface area contributed by atoms with Crippen LogP contribution in [0.2, 0.25) is 5.02 Å². The van der Waals surface area contributed by atoms with Crippen molar-refractivity contribution in [3.8, 4) is 11.5 Å². The molecule has 26 heavy (non-hydrogen) atoms.